The fourth-order valence-corrected chi connectivity index (χ4v) is 4.56. The second kappa shape index (κ2) is 9.47. The van der Waals surface area contributed by atoms with Crippen LogP contribution in [0.15, 0.2) is 40.9 Å². The smallest absolute Gasteiger partial charge is 0.344 e. The van der Waals surface area contributed by atoms with Gasteiger partial charge < -0.3 is 25.8 Å². The van der Waals surface area contributed by atoms with Gasteiger partial charge in [0.25, 0.3) is 5.91 Å². The lowest BCUT2D eigenvalue weighted by Crippen LogP contribution is -2.48. The molecule has 1 aromatic carbocycles. The first-order chi connectivity index (χ1) is 16.1. The van der Waals surface area contributed by atoms with Gasteiger partial charge in [-0.1, -0.05) is 6.07 Å². The lowest BCUT2D eigenvalue weighted by Gasteiger charge is -2.28. The molecule has 3 heterocycles. The average molecular weight is 489 g/mol. The van der Waals surface area contributed by atoms with E-state index in [1.807, 2.05) is 13.8 Å². The van der Waals surface area contributed by atoms with Crippen LogP contribution in [-0.4, -0.2) is 56.5 Å². The van der Waals surface area contributed by atoms with Crippen molar-refractivity contribution in [2.45, 2.75) is 38.3 Å². The minimum absolute atomic E-state index is 0.105. The van der Waals surface area contributed by atoms with Crippen molar-refractivity contribution in [2.75, 3.05) is 29.9 Å². The molecular formula is C22H28N6O5S. The van der Waals surface area contributed by atoms with Gasteiger partial charge in [0.05, 0.1) is 16.8 Å². The highest BCUT2D eigenvalue weighted by atomic mass is 32.2. The maximum Gasteiger partial charge on any atom is 0.344 e. The summed E-state index contributed by atoms with van der Waals surface area (Å²) in [5.74, 6) is 0.569. The molecule has 4 rings (SSSR count). The van der Waals surface area contributed by atoms with Gasteiger partial charge in [0.1, 0.15) is 18.2 Å². The van der Waals surface area contributed by atoms with Gasteiger partial charge in [-0.15, -0.1) is 4.40 Å². The SMILES string of the molecule is CC(C)(COc1cccc2c1C(N)=NS(=O)(=O)N2)NC(=O)c1ccnc(NC2CCOCC2)c1. The Labute approximate surface area is 198 Å². The zero-order valence-corrected chi connectivity index (χ0v) is 19.8. The standard InChI is InChI=1S/C22H28N6O5S/c1-22(2,13-33-17-5-3-4-16-19(17)20(23)28-34(30,31)27-16)26-21(29)14-6-9-24-18(12-14)25-15-7-10-32-11-8-15/h3-6,9,12,15,27H,7-8,10-11,13H2,1-2H3,(H2,23,28)(H,24,25)(H,26,29). The van der Waals surface area contributed by atoms with Crippen LogP contribution in [0, 0.1) is 0 Å². The van der Waals surface area contributed by atoms with E-state index in [2.05, 4.69) is 24.7 Å². The number of aromatic nitrogens is 1. The van der Waals surface area contributed by atoms with E-state index in [0.717, 1.165) is 12.8 Å². The number of fused-ring (bicyclic) bond motifs is 1. The van der Waals surface area contributed by atoms with Gasteiger partial charge >= 0.3 is 10.2 Å². The van der Waals surface area contributed by atoms with Crippen LogP contribution in [0.1, 0.15) is 42.6 Å². The number of nitrogens with one attached hydrogen (secondary N) is 3. The van der Waals surface area contributed by atoms with E-state index in [-0.39, 0.29) is 30.1 Å². The molecule has 1 fully saturated rings. The maximum atomic E-state index is 12.9. The van der Waals surface area contributed by atoms with Crippen molar-refractivity contribution in [1.29, 1.82) is 0 Å². The lowest BCUT2D eigenvalue weighted by atomic mass is 10.1. The molecule has 12 heteroatoms. The van der Waals surface area contributed by atoms with Crippen LogP contribution in [0.2, 0.25) is 0 Å². The van der Waals surface area contributed by atoms with Crippen LogP contribution < -0.4 is 25.8 Å². The predicted octanol–water partition coefficient (Wildman–Crippen LogP) is 1.64. The molecule has 182 valence electrons. The monoisotopic (exact) mass is 488 g/mol. The fraction of sp³-hybridized carbons (Fsp3) is 0.409. The fourth-order valence-electron chi connectivity index (χ4n) is 3.71. The van der Waals surface area contributed by atoms with Gasteiger partial charge in [-0.2, -0.15) is 8.42 Å². The zero-order chi connectivity index (χ0) is 24.3. The second-order valence-electron chi connectivity index (χ2n) is 8.82. The Morgan fingerprint density at radius 2 is 2.06 bits per heavy atom. The number of nitrogens with zero attached hydrogens (tertiary/aromatic N) is 2. The number of rotatable bonds is 7. The summed E-state index contributed by atoms with van der Waals surface area (Å²) >= 11 is 0. The van der Waals surface area contributed by atoms with E-state index in [4.69, 9.17) is 15.2 Å². The van der Waals surface area contributed by atoms with E-state index in [1.165, 1.54) is 0 Å². The van der Waals surface area contributed by atoms with E-state index in [9.17, 15) is 13.2 Å². The van der Waals surface area contributed by atoms with Crippen LogP contribution in [0.3, 0.4) is 0 Å². The van der Waals surface area contributed by atoms with Gasteiger partial charge in [-0.3, -0.25) is 9.52 Å². The third-order valence-corrected chi connectivity index (χ3v) is 6.29. The van der Waals surface area contributed by atoms with Crippen molar-refractivity contribution < 1.29 is 22.7 Å². The summed E-state index contributed by atoms with van der Waals surface area (Å²) in [6, 6.07) is 8.52. The van der Waals surface area contributed by atoms with Crippen molar-refractivity contribution in [3.05, 3.63) is 47.7 Å². The van der Waals surface area contributed by atoms with E-state index in [0.29, 0.717) is 35.9 Å². The third-order valence-electron chi connectivity index (χ3n) is 5.38. The van der Waals surface area contributed by atoms with Crippen molar-refractivity contribution in [1.82, 2.24) is 10.3 Å². The first kappa shape index (κ1) is 23.8. The number of carbonyl (C=O) groups is 1. The number of amides is 1. The van der Waals surface area contributed by atoms with Crippen LogP contribution in [0.4, 0.5) is 11.5 Å². The van der Waals surface area contributed by atoms with E-state index < -0.39 is 15.7 Å². The van der Waals surface area contributed by atoms with Crippen molar-refractivity contribution in [3.8, 4) is 5.75 Å². The van der Waals surface area contributed by atoms with Crippen molar-refractivity contribution >= 4 is 33.5 Å². The summed E-state index contributed by atoms with van der Waals surface area (Å²) in [5, 5.41) is 6.32. The molecule has 0 spiro atoms. The molecule has 34 heavy (non-hydrogen) atoms. The van der Waals surface area contributed by atoms with Crippen LogP contribution in [0.5, 0.6) is 5.75 Å². The number of pyridine rings is 1. The molecular weight excluding hydrogens is 460 g/mol. The molecule has 0 atom stereocenters. The number of hydrogen-bond donors (Lipinski definition) is 4. The first-order valence-electron chi connectivity index (χ1n) is 10.9. The van der Waals surface area contributed by atoms with E-state index in [1.54, 1.807) is 36.5 Å². The molecule has 1 aromatic heterocycles. The second-order valence-corrected chi connectivity index (χ2v) is 10.2. The minimum Gasteiger partial charge on any atom is -0.490 e. The van der Waals surface area contributed by atoms with Gasteiger partial charge in [0, 0.05) is 31.0 Å². The van der Waals surface area contributed by atoms with Gasteiger partial charge in [0.2, 0.25) is 0 Å². The highest BCUT2D eigenvalue weighted by Crippen LogP contribution is 2.31. The summed E-state index contributed by atoms with van der Waals surface area (Å²) in [6.07, 6.45) is 3.38. The van der Waals surface area contributed by atoms with Crippen LogP contribution in [0.25, 0.3) is 0 Å². The van der Waals surface area contributed by atoms with Gasteiger partial charge in [-0.05, 0) is 51.0 Å². The minimum atomic E-state index is -3.88. The highest BCUT2D eigenvalue weighted by molar-refractivity contribution is 7.91. The first-order valence-corrected chi connectivity index (χ1v) is 12.3. The molecule has 0 aliphatic carbocycles. The maximum absolute atomic E-state index is 12.9. The number of nitrogens with two attached hydrogens (primary N) is 1. The normalized spacial score (nSPS) is 17.6. The number of hydrogen-bond acceptors (Lipinski definition) is 8. The molecule has 2 aliphatic rings. The summed E-state index contributed by atoms with van der Waals surface area (Å²) in [4.78, 5) is 17.2. The molecule has 1 saturated heterocycles. The van der Waals surface area contributed by atoms with E-state index >= 15 is 0 Å². The number of benzene rings is 1. The molecule has 0 saturated carbocycles. The quantitative estimate of drug-likeness (QED) is 0.458. The predicted molar refractivity (Wildman–Crippen MR) is 128 cm³/mol. The average Bonchev–Trinajstić information content (AvgIpc) is 2.77. The molecule has 0 radical (unpaired) electrons. The largest absolute Gasteiger partial charge is 0.490 e. The van der Waals surface area contributed by atoms with Crippen molar-refractivity contribution in [2.24, 2.45) is 10.1 Å². The Bertz CT molecular complexity index is 1210. The number of ether oxygens (including phenoxy) is 2. The lowest BCUT2D eigenvalue weighted by molar-refractivity contribution is 0.0879. The summed E-state index contributed by atoms with van der Waals surface area (Å²) in [6.45, 7) is 5.17. The number of carbonyl (C=O) groups excluding carboxylic acids is 1. The Kier molecular flexibility index (Phi) is 6.62. The van der Waals surface area contributed by atoms with Crippen LogP contribution >= 0.6 is 0 Å². The van der Waals surface area contributed by atoms with Crippen molar-refractivity contribution in [3.63, 3.8) is 0 Å². The summed E-state index contributed by atoms with van der Waals surface area (Å²) in [5.41, 5.74) is 6.23. The Balaban J connectivity index is 1.41. The molecule has 2 aromatic rings. The molecule has 0 unspecified atom stereocenters. The van der Waals surface area contributed by atoms with Gasteiger partial charge in [0.15, 0.2) is 5.84 Å². The molecule has 11 nitrogen and oxygen atoms in total. The summed E-state index contributed by atoms with van der Waals surface area (Å²) < 4.78 is 40.6. The Hall–Kier alpha value is -3.38. The molecule has 0 bridgehead atoms. The van der Waals surface area contributed by atoms with Crippen LogP contribution in [-0.2, 0) is 14.9 Å². The highest BCUT2D eigenvalue weighted by Gasteiger charge is 2.27. The molecule has 5 N–H and O–H groups in total. The number of anilines is 2. The topological polar surface area (TPSA) is 157 Å². The molecule has 1 amide bonds. The number of amidine groups is 1. The third kappa shape index (κ3) is 5.75. The Morgan fingerprint density at radius 3 is 2.82 bits per heavy atom. The van der Waals surface area contributed by atoms with Gasteiger partial charge in [-0.25, -0.2) is 4.98 Å². The summed E-state index contributed by atoms with van der Waals surface area (Å²) in [7, 11) is -3.88. The Morgan fingerprint density at radius 1 is 1.29 bits per heavy atom. The molecule has 2 aliphatic heterocycles. The zero-order valence-electron chi connectivity index (χ0n) is 19.0.